The summed E-state index contributed by atoms with van der Waals surface area (Å²) < 4.78 is 0. The van der Waals surface area contributed by atoms with Crippen LogP contribution >= 0.6 is 0 Å². The largest absolute Gasteiger partial charge is 0.390 e. The summed E-state index contributed by atoms with van der Waals surface area (Å²) in [5.74, 6) is 0.262. The Kier molecular flexibility index (Phi) is 2.26. The van der Waals surface area contributed by atoms with Crippen LogP contribution in [-0.4, -0.2) is 22.4 Å². The molecule has 3 atom stereocenters. The van der Waals surface area contributed by atoms with Crippen LogP contribution < -0.4 is 0 Å². The van der Waals surface area contributed by atoms with E-state index in [1.165, 1.54) is 0 Å². The Morgan fingerprint density at radius 2 is 1.64 bits per heavy atom. The van der Waals surface area contributed by atoms with Gasteiger partial charge in [-0.25, -0.2) is 0 Å². The molecule has 66 valence electrons. The van der Waals surface area contributed by atoms with Crippen LogP contribution in [0.2, 0.25) is 0 Å². The Bertz CT molecular complexity index is 137. The van der Waals surface area contributed by atoms with Crippen LogP contribution in [0.5, 0.6) is 0 Å². The molecule has 1 saturated carbocycles. The van der Waals surface area contributed by atoms with Crippen molar-refractivity contribution in [1.29, 1.82) is 0 Å². The normalized spacial score (nSPS) is 39.5. The van der Waals surface area contributed by atoms with Gasteiger partial charge in [-0.15, -0.1) is 0 Å². The molecule has 0 amide bonds. The van der Waals surface area contributed by atoms with Crippen molar-refractivity contribution >= 4 is 0 Å². The summed E-state index contributed by atoms with van der Waals surface area (Å²) in [6.07, 6.45) is 0.712. The standard InChI is InChI=1S/C9H18O2/c1-9(2,3)6-4-5-7(10)8(6)11/h6-8,10-11H,4-5H2,1-3H3. The van der Waals surface area contributed by atoms with E-state index in [2.05, 4.69) is 20.8 Å². The Morgan fingerprint density at radius 1 is 1.09 bits per heavy atom. The van der Waals surface area contributed by atoms with Gasteiger partial charge in [-0.3, -0.25) is 0 Å². The van der Waals surface area contributed by atoms with Gasteiger partial charge in [0.05, 0.1) is 12.2 Å². The highest BCUT2D eigenvalue weighted by Crippen LogP contribution is 2.39. The minimum atomic E-state index is -0.505. The van der Waals surface area contributed by atoms with E-state index < -0.39 is 12.2 Å². The van der Waals surface area contributed by atoms with E-state index >= 15 is 0 Å². The fraction of sp³-hybridized carbons (Fsp3) is 1.00. The number of hydrogen-bond acceptors (Lipinski definition) is 2. The van der Waals surface area contributed by atoms with Gasteiger partial charge in [0.2, 0.25) is 0 Å². The van der Waals surface area contributed by atoms with Gasteiger partial charge in [0.25, 0.3) is 0 Å². The van der Waals surface area contributed by atoms with E-state index in [9.17, 15) is 10.2 Å². The SMILES string of the molecule is CC(C)(C)C1CCC(O)C1O. The highest BCUT2D eigenvalue weighted by Gasteiger charge is 2.39. The quantitative estimate of drug-likeness (QED) is 0.555. The second-order valence-electron chi connectivity index (χ2n) is 4.61. The molecule has 0 radical (unpaired) electrons. The maximum absolute atomic E-state index is 9.54. The zero-order valence-corrected chi connectivity index (χ0v) is 7.54. The predicted octanol–water partition coefficient (Wildman–Crippen LogP) is 1.16. The van der Waals surface area contributed by atoms with Crippen molar-refractivity contribution in [3.8, 4) is 0 Å². The van der Waals surface area contributed by atoms with Gasteiger partial charge < -0.3 is 10.2 Å². The fourth-order valence-corrected chi connectivity index (χ4v) is 1.91. The maximum atomic E-state index is 9.54. The molecule has 3 unspecified atom stereocenters. The second-order valence-corrected chi connectivity index (χ2v) is 4.61. The third-order valence-corrected chi connectivity index (χ3v) is 2.69. The number of aliphatic hydroxyl groups excluding tert-OH is 2. The number of rotatable bonds is 0. The Balaban J connectivity index is 2.62. The Morgan fingerprint density at radius 3 is 1.82 bits per heavy atom. The molecular formula is C9H18O2. The van der Waals surface area contributed by atoms with Gasteiger partial charge in [0.1, 0.15) is 0 Å². The van der Waals surface area contributed by atoms with Crippen molar-refractivity contribution in [2.24, 2.45) is 11.3 Å². The predicted molar refractivity (Wildman–Crippen MR) is 44.2 cm³/mol. The van der Waals surface area contributed by atoms with E-state index in [1.807, 2.05) is 0 Å². The minimum Gasteiger partial charge on any atom is -0.390 e. The lowest BCUT2D eigenvalue weighted by molar-refractivity contribution is -0.00747. The molecule has 1 aliphatic carbocycles. The first-order valence-electron chi connectivity index (χ1n) is 4.29. The van der Waals surface area contributed by atoms with Crippen LogP contribution in [0.25, 0.3) is 0 Å². The van der Waals surface area contributed by atoms with Crippen molar-refractivity contribution < 1.29 is 10.2 Å². The smallest absolute Gasteiger partial charge is 0.0832 e. The molecular weight excluding hydrogens is 140 g/mol. The number of aliphatic hydroxyl groups is 2. The third-order valence-electron chi connectivity index (χ3n) is 2.69. The highest BCUT2D eigenvalue weighted by atomic mass is 16.3. The molecule has 0 saturated heterocycles. The summed E-state index contributed by atoms with van der Waals surface area (Å²) in [6.45, 7) is 6.33. The first-order chi connectivity index (χ1) is 4.93. The van der Waals surface area contributed by atoms with Crippen molar-refractivity contribution in [3.05, 3.63) is 0 Å². The molecule has 2 N–H and O–H groups in total. The average molecular weight is 158 g/mol. The summed E-state index contributed by atoms with van der Waals surface area (Å²) in [6, 6.07) is 0. The van der Waals surface area contributed by atoms with Crippen LogP contribution in [0, 0.1) is 11.3 Å². The maximum Gasteiger partial charge on any atom is 0.0832 e. The molecule has 0 aromatic rings. The molecule has 1 aliphatic rings. The molecule has 1 rings (SSSR count). The van der Waals surface area contributed by atoms with Crippen molar-refractivity contribution in [2.75, 3.05) is 0 Å². The van der Waals surface area contributed by atoms with Gasteiger partial charge >= 0.3 is 0 Å². The zero-order valence-electron chi connectivity index (χ0n) is 7.54. The second kappa shape index (κ2) is 2.76. The molecule has 0 aromatic carbocycles. The Labute approximate surface area is 68.2 Å². The van der Waals surface area contributed by atoms with Crippen molar-refractivity contribution in [3.63, 3.8) is 0 Å². The zero-order chi connectivity index (χ0) is 8.65. The van der Waals surface area contributed by atoms with E-state index in [-0.39, 0.29) is 11.3 Å². The molecule has 0 heterocycles. The topological polar surface area (TPSA) is 40.5 Å². The lowest BCUT2D eigenvalue weighted by atomic mass is 9.78. The highest BCUT2D eigenvalue weighted by molar-refractivity contribution is 4.90. The van der Waals surface area contributed by atoms with Crippen molar-refractivity contribution in [1.82, 2.24) is 0 Å². The molecule has 0 bridgehead atoms. The molecule has 2 nitrogen and oxygen atoms in total. The molecule has 0 aliphatic heterocycles. The number of hydrogen-bond donors (Lipinski definition) is 2. The van der Waals surface area contributed by atoms with Gasteiger partial charge in [-0.2, -0.15) is 0 Å². The van der Waals surface area contributed by atoms with Crippen molar-refractivity contribution in [2.45, 2.75) is 45.8 Å². The molecule has 1 fully saturated rings. The summed E-state index contributed by atoms with van der Waals surface area (Å²) in [5.41, 5.74) is 0.122. The fourth-order valence-electron chi connectivity index (χ4n) is 1.91. The first kappa shape index (κ1) is 9.01. The minimum absolute atomic E-state index is 0.122. The van der Waals surface area contributed by atoms with Gasteiger partial charge in [-0.05, 0) is 24.2 Å². The van der Waals surface area contributed by atoms with Crippen LogP contribution in [-0.2, 0) is 0 Å². The third kappa shape index (κ3) is 1.74. The summed E-state index contributed by atoms with van der Waals surface area (Å²) in [4.78, 5) is 0. The van der Waals surface area contributed by atoms with Gasteiger partial charge in [0, 0.05) is 0 Å². The van der Waals surface area contributed by atoms with Gasteiger partial charge in [-0.1, -0.05) is 20.8 Å². The van der Waals surface area contributed by atoms with E-state index in [0.29, 0.717) is 0 Å². The summed E-state index contributed by atoms with van der Waals surface area (Å²) in [5, 5.41) is 18.8. The first-order valence-corrected chi connectivity index (χ1v) is 4.29. The van der Waals surface area contributed by atoms with Crippen LogP contribution in [0.4, 0.5) is 0 Å². The van der Waals surface area contributed by atoms with E-state index in [1.54, 1.807) is 0 Å². The molecule has 11 heavy (non-hydrogen) atoms. The average Bonchev–Trinajstić information content (AvgIpc) is 2.11. The summed E-state index contributed by atoms with van der Waals surface area (Å²) in [7, 11) is 0. The van der Waals surface area contributed by atoms with Gasteiger partial charge in [0.15, 0.2) is 0 Å². The molecule has 0 spiro atoms. The monoisotopic (exact) mass is 158 g/mol. The van der Waals surface area contributed by atoms with E-state index in [0.717, 1.165) is 12.8 Å². The van der Waals surface area contributed by atoms with E-state index in [4.69, 9.17) is 0 Å². The Hall–Kier alpha value is -0.0800. The lowest BCUT2D eigenvalue weighted by Gasteiger charge is -2.30. The summed E-state index contributed by atoms with van der Waals surface area (Å²) >= 11 is 0. The lowest BCUT2D eigenvalue weighted by Crippen LogP contribution is -2.32. The van der Waals surface area contributed by atoms with Crippen LogP contribution in [0.15, 0.2) is 0 Å². The van der Waals surface area contributed by atoms with Crippen LogP contribution in [0.1, 0.15) is 33.6 Å². The van der Waals surface area contributed by atoms with Crippen LogP contribution in [0.3, 0.4) is 0 Å². The molecule has 0 aromatic heterocycles. The molecule has 2 heteroatoms.